The van der Waals surface area contributed by atoms with Gasteiger partial charge in [-0.2, -0.15) is 8.78 Å². The van der Waals surface area contributed by atoms with Crippen LogP contribution in [0.1, 0.15) is 0 Å². The van der Waals surface area contributed by atoms with Crippen LogP contribution in [0.4, 0.5) is 8.78 Å². The van der Waals surface area contributed by atoms with Gasteiger partial charge in [-0.1, -0.05) is 0 Å². The highest BCUT2D eigenvalue weighted by Gasteiger charge is 1.91. The highest BCUT2D eigenvalue weighted by Crippen LogP contribution is 1.87. The van der Waals surface area contributed by atoms with E-state index in [4.69, 9.17) is 0 Å². The zero-order valence-corrected chi connectivity index (χ0v) is 3.73. The molecule has 0 spiro atoms. The molecule has 41 valence electrons. The van der Waals surface area contributed by atoms with Crippen LogP contribution in [0.5, 0.6) is 0 Å². The summed E-state index contributed by atoms with van der Waals surface area (Å²) in [6.45, 7) is 0. The molecular formula is C4HF2N2. The fraction of sp³-hybridized carbons (Fsp3) is 0. The Balaban J connectivity index is 3.03. The second-order valence-electron chi connectivity index (χ2n) is 1.10. The Labute approximate surface area is 44.2 Å². The molecule has 4 heteroatoms. The van der Waals surface area contributed by atoms with Crippen molar-refractivity contribution in [1.29, 1.82) is 0 Å². The maximum Gasteiger partial charge on any atom is 0.241 e. The van der Waals surface area contributed by atoms with Gasteiger partial charge in [0.2, 0.25) is 11.9 Å². The highest BCUT2D eigenvalue weighted by atomic mass is 19.1. The van der Waals surface area contributed by atoms with Crippen molar-refractivity contribution in [3.63, 3.8) is 0 Å². The van der Waals surface area contributed by atoms with Gasteiger partial charge < -0.3 is 0 Å². The maximum atomic E-state index is 11.7. The molecule has 2 nitrogen and oxygen atoms in total. The Morgan fingerprint density at radius 2 is 2.25 bits per heavy atom. The number of hydrogen-bond acceptors (Lipinski definition) is 2. The van der Waals surface area contributed by atoms with E-state index < -0.39 is 11.9 Å². The van der Waals surface area contributed by atoms with Crippen molar-refractivity contribution in [3.05, 3.63) is 24.3 Å². The molecule has 0 saturated carbocycles. The van der Waals surface area contributed by atoms with Crippen LogP contribution in [-0.4, -0.2) is 9.97 Å². The van der Waals surface area contributed by atoms with Gasteiger partial charge in [-0.15, -0.1) is 0 Å². The summed E-state index contributed by atoms with van der Waals surface area (Å²) in [4.78, 5) is 5.77. The van der Waals surface area contributed by atoms with E-state index in [9.17, 15) is 8.78 Å². The lowest BCUT2D eigenvalue weighted by molar-refractivity contribution is 0.525. The van der Waals surface area contributed by atoms with E-state index in [0.29, 0.717) is 6.20 Å². The molecule has 1 aromatic rings. The van der Waals surface area contributed by atoms with Gasteiger partial charge in [-0.05, 0) is 0 Å². The molecule has 0 aliphatic carbocycles. The third-order valence-electron chi connectivity index (χ3n) is 0.539. The van der Waals surface area contributed by atoms with Gasteiger partial charge in [0.05, 0.1) is 6.20 Å². The van der Waals surface area contributed by atoms with Crippen LogP contribution in [0.15, 0.2) is 6.20 Å². The van der Waals surface area contributed by atoms with E-state index in [2.05, 4.69) is 9.97 Å². The summed E-state index contributed by atoms with van der Waals surface area (Å²) in [5.41, 5.74) is 0. The minimum absolute atomic E-state index is 0.686. The van der Waals surface area contributed by atoms with Crippen molar-refractivity contribution in [2.75, 3.05) is 0 Å². The molecule has 0 aliphatic heterocycles. The van der Waals surface area contributed by atoms with Gasteiger partial charge in [-0.25, -0.2) is 9.97 Å². The summed E-state index contributed by atoms with van der Waals surface area (Å²) in [7, 11) is 0. The van der Waals surface area contributed by atoms with Crippen LogP contribution in [0.25, 0.3) is 0 Å². The molecule has 1 radical (unpaired) electrons. The fourth-order valence-electron chi connectivity index (χ4n) is 0.267. The second kappa shape index (κ2) is 1.81. The topological polar surface area (TPSA) is 25.8 Å². The molecule has 1 aromatic heterocycles. The minimum Gasteiger partial charge on any atom is -0.222 e. The van der Waals surface area contributed by atoms with E-state index in [-0.39, 0.29) is 0 Å². The van der Waals surface area contributed by atoms with Gasteiger partial charge in [0.25, 0.3) is 0 Å². The number of aromatic nitrogens is 2. The lowest BCUT2D eigenvalue weighted by atomic mass is 10.7. The predicted molar refractivity (Wildman–Crippen MR) is 20.8 cm³/mol. The lowest BCUT2D eigenvalue weighted by Gasteiger charge is -1.81. The quantitative estimate of drug-likeness (QED) is 0.493. The molecule has 0 amide bonds. The van der Waals surface area contributed by atoms with E-state index >= 15 is 0 Å². The van der Waals surface area contributed by atoms with E-state index in [1.165, 1.54) is 0 Å². The van der Waals surface area contributed by atoms with Crippen LogP contribution in [0.3, 0.4) is 0 Å². The smallest absolute Gasteiger partial charge is 0.222 e. The largest absolute Gasteiger partial charge is 0.241 e. The zero-order valence-electron chi connectivity index (χ0n) is 3.73. The van der Waals surface area contributed by atoms with Crippen LogP contribution >= 0.6 is 0 Å². The average molecular weight is 115 g/mol. The van der Waals surface area contributed by atoms with Crippen LogP contribution in [0.2, 0.25) is 0 Å². The van der Waals surface area contributed by atoms with Crippen molar-refractivity contribution in [1.82, 2.24) is 9.97 Å². The Morgan fingerprint density at radius 3 is 2.62 bits per heavy atom. The van der Waals surface area contributed by atoms with Crippen molar-refractivity contribution >= 4 is 0 Å². The first-order chi connectivity index (χ1) is 3.79. The molecule has 8 heavy (non-hydrogen) atoms. The van der Waals surface area contributed by atoms with Crippen molar-refractivity contribution in [3.8, 4) is 0 Å². The molecule has 1 heterocycles. The molecule has 0 unspecified atom stereocenters. The maximum absolute atomic E-state index is 11.7. The van der Waals surface area contributed by atoms with E-state index in [1.807, 2.05) is 0 Å². The first-order valence-electron chi connectivity index (χ1n) is 1.85. The van der Waals surface area contributed by atoms with Crippen molar-refractivity contribution in [2.24, 2.45) is 0 Å². The molecule has 0 aromatic carbocycles. The van der Waals surface area contributed by atoms with E-state index in [0.717, 1.165) is 0 Å². The van der Waals surface area contributed by atoms with E-state index in [1.54, 1.807) is 6.20 Å². The summed E-state index contributed by atoms with van der Waals surface area (Å²) < 4.78 is 23.4. The minimum atomic E-state index is -0.897. The third kappa shape index (κ3) is 0.959. The summed E-state index contributed by atoms with van der Waals surface area (Å²) in [6.07, 6.45) is 2.38. The standard InChI is InChI=1S/C4HF2N2/c5-3-1-7-4(6)2-8-3/h1H. The molecular weight excluding hydrogens is 114 g/mol. The van der Waals surface area contributed by atoms with Crippen LogP contribution in [-0.2, 0) is 0 Å². The molecule has 0 N–H and O–H groups in total. The predicted octanol–water partition coefficient (Wildman–Crippen LogP) is 0.555. The average Bonchev–Trinajstić information content (AvgIpc) is 1.77. The monoisotopic (exact) mass is 115 g/mol. The van der Waals surface area contributed by atoms with Gasteiger partial charge in [0.15, 0.2) is 6.20 Å². The van der Waals surface area contributed by atoms with Gasteiger partial charge in [-0.3, -0.25) is 0 Å². The molecule has 1 rings (SSSR count). The first kappa shape index (κ1) is 5.08. The summed E-state index contributed by atoms with van der Waals surface area (Å²) in [5.74, 6) is -1.72. The first-order valence-corrected chi connectivity index (χ1v) is 1.85. The Bertz CT molecular complexity index is 151. The van der Waals surface area contributed by atoms with Crippen LogP contribution in [0, 0.1) is 18.1 Å². The van der Waals surface area contributed by atoms with Crippen LogP contribution < -0.4 is 0 Å². The third-order valence-corrected chi connectivity index (χ3v) is 0.539. The van der Waals surface area contributed by atoms with Gasteiger partial charge in [0, 0.05) is 0 Å². The Kier molecular flexibility index (Phi) is 1.15. The molecule has 0 saturated heterocycles. The summed E-state index contributed by atoms with van der Waals surface area (Å²) in [5, 5.41) is 0. The Hall–Kier alpha value is -1.06. The Morgan fingerprint density at radius 1 is 1.50 bits per heavy atom. The van der Waals surface area contributed by atoms with Crippen molar-refractivity contribution in [2.45, 2.75) is 0 Å². The number of rotatable bonds is 0. The lowest BCUT2D eigenvalue weighted by Crippen LogP contribution is -1.87. The fourth-order valence-corrected chi connectivity index (χ4v) is 0.267. The molecule has 0 atom stereocenters. The highest BCUT2D eigenvalue weighted by molar-refractivity contribution is 4.76. The van der Waals surface area contributed by atoms with Gasteiger partial charge in [0.1, 0.15) is 0 Å². The SMILES string of the molecule is Fc1[c]nc(F)cn1. The zero-order chi connectivity index (χ0) is 5.98. The summed E-state index contributed by atoms with van der Waals surface area (Å²) >= 11 is 0. The summed E-state index contributed by atoms with van der Waals surface area (Å²) in [6, 6.07) is 0. The van der Waals surface area contributed by atoms with Crippen molar-refractivity contribution < 1.29 is 8.78 Å². The second-order valence-corrected chi connectivity index (χ2v) is 1.10. The number of halogens is 2. The molecule has 0 aliphatic rings. The molecule has 0 bridgehead atoms. The normalized spacial score (nSPS) is 9.25. The molecule has 0 fully saturated rings. The van der Waals surface area contributed by atoms with Gasteiger partial charge >= 0.3 is 0 Å². The number of nitrogens with zero attached hydrogens (tertiary/aromatic N) is 2. The number of hydrogen-bond donors (Lipinski definition) is 0.